The van der Waals surface area contributed by atoms with Crippen LogP contribution in [0.3, 0.4) is 0 Å². The summed E-state index contributed by atoms with van der Waals surface area (Å²) in [6.07, 6.45) is 5.49. The molecule has 0 bridgehead atoms. The van der Waals surface area contributed by atoms with Crippen molar-refractivity contribution in [3.8, 4) is 5.75 Å². The molecule has 0 fully saturated rings. The van der Waals surface area contributed by atoms with E-state index in [1.807, 2.05) is 0 Å². The fourth-order valence-electron chi connectivity index (χ4n) is 1.60. The number of aliphatic hydroxyl groups excluding tert-OH is 1. The fourth-order valence-corrected chi connectivity index (χ4v) is 1.60. The van der Waals surface area contributed by atoms with E-state index in [2.05, 4.69) is 30.1 Å². The SMILES string of the molecule is Cc1ncc(CO)c(/C=N/N=C(\[O-])c2ccncc2)c1[O-].[CH3][Sn+2][CH3]. The van der Waals surface area contributed by atoms with Gasteiger partial charge in [-0.25, -0.2) is 0 Å². The molecule has 0 aliphatic heterocycles. The minimum atomic E-state index is -0.544. The standard InChI is InChI=1S/C14H14N4O3.2CH3.Sn/c1-9-13(20)12(11(8-19)6-16-9)7-17-18-14(21)10-2-4-15-5-3-10;;;/h2-7,19-20H,8H2,1H3,(H,18,21);2*1H3;/q;;;+2/p-2/b17-7+;;;. The van der Waals surface area contributed by atoms with E-state index in [1.54, 1.807) is 6.92 Å². The minimum absolute atomic E-state index is 0.177. The number of rotatable bonds is 4. The molecule has 0 saturated carbocycles. The van der Waals surface area contributed by atoms with Gasteiger partial charge in [0.05, 0.1) is 12.8 Å². The molecule has 24 heavy (non-hydrogen) atoms. The van der Waals surface area contributed by atoms with Crippen LogP contribution in [0.1, 0.15) is 22.4 Å². The maximum atomic E-state index is 11.9. The topological polar surface area (TPSA) is 117 Å². The van der Waals surface area contributed by atoms with Crippen molar-refractivity contribution < 1.29 is 15.3 Å². The molecule has 2 aromatic rings. The molecule has 0 aliphatic rings. The van der Waals surface area contributed by atoms with Crippen LogP contribution in [0.5, 0.6) is 5.75 Å². The fraction of sp³-hybridized carbons (Fsp3) is 0.250. The van der Waals surface area contributed by atoms with Crippen LogP contribution in [-0.2, 0) is 6.61 Å². The summed E-state index contributed by atoms with van der Waals surface area (Å²) in [5.41, 5.74) is 1.14. The summed E-state index contributed by atoms with van der Waals surface area (Å²) >= 11 is 0.230. The van der Waals surface area contributed by atoms with E-state index in [-0.39, 0.29) is 44.8 Å². The zero-order valence-electron chi connectivity index (χ0n) is 13.7. The zero-order valence-corrected chi connectivity index (χ0v) is 16.6. The van der Waals surface area contributed by atoms with Crippen molar-refractivity contribution in [2.45, 2.75) is 23.4 Å². The molecule has 0 unspecified atom stereocenters. The zero-order chi connectivity index (χ0) is 17.9. The molecule has 124 valence electrons. The van der Waals surface area contributed by atoms with E-state index in [9.17, 15) is 15.3 Å². The van der Waals surface area contributed by atoms with E-state index in [1.165, 1.54) is 30.7 Å². The van der Waals surface area contributed by atoms with Crippen LogP contribution in [0.25, 0.3) is 0 Å². The molecule has 0 spiro atoms. The van der Waals surface area contributed by atoms with Crippen molar-refractivity contribution in [1.29, 1.82) is 0 Å². The summed E-state index contributed by atoms with van der Waals surface area (Å²) in [5.74, 6) is -0.894. The molecule has 2 rings (SSSR count). The third-order valence-electron chi connectivity index (χ3n) is 2.77. The number of aromatic nitrogens is 2. The van der Waals surface area contributed by atoms with Crippen LogP contribution < -0.4 is 10.2 Å². The number of aliphatic hydroxyl groups is 1. The molecule has 8 heteroatoms. The predicted octanol–water partition coefficient (Wildman–Crippen LogP) is 0.279. The quantitative estimate of drug-likeness (QED) is 0.322. The van der Waals surface area contributed by atoms with Gasteiger partial charge in [-0.3, -0.25) is 9.97 Å². The Morgan fingerprint density at radius 3 is 2.54 bits per heavy atom. The molecule has 0 aliphatic carbocycles. The van der Waals surface area contributed by atoms with Gasteiger partial charge in [0.2, 0.25) is 0 Å². The van der Waals surface area contributed by atoms with Crippen molar-refractivity contribution in [1.82, 2.24) is 9.97 Å². The third-order valence-corrected chi connectivity index (χ3v) is 2.77. The van der Waals surface area contributed by atoms with E-state index < -0.39 is 5.90 Å². The van der Waals surface area contributed by atoms with Gasteiger partial charge < -0.3 is 15.3 Å². The second kappa shape index (κ2) is 10.7. The molecule has 2 heterocycles. The number of hydrogen-bond donors (Lipinski definition) is 1. The molecule has 0 amide bonds. The first-order valence-electron chi connectivity index (χ1n) is 7.08. The van der Waals surface area contributed by atoms with Gasteiger partial charge in [0.25, 0.3) is 0 Å². The Balaban J connectivity index is 0.000000891. The summed E-state index contributed by atoms with van der Waals surface area (Å²) in [7, 11) is 0. The monoisotopic (exact) mass is 434 g/mol. The average molecular weight is 433 g/mol. The van der Waals surface area contributed by atoms with Crippen LogP contribution in [0, 0.1) is 6.92 Å². The molecule has 0 atom stereocenters. The molecule has 2 aromatic heterocycles. The van der Waals surface area contributed by atoms with Gasteiger partial charge in [-0.1, -0.05) is 5.75 Å². The van der Waals surface area contributed by atoms with Gasteiger partial charge >= 0.3 is 31.0 Å². The summed E-state index contributed by atoms with van der Waals surface area (Å²) < 4.78 is 0. The van der Waals surface area contributed by atoms with Gasteiger partial charge in [0.1, 0.15) is 0 Å². The third kappa shape index (κ3) is 5.89. The number of aryl methyl sites for hydroxylation is 1. The first kappa shape index (κ1) is 20.0. The number of nitrogens with zero attached hydrogens (tertiary/aromatic N) is 4. The van der Waals surface area contributed by atoms with Crippen molar-refractivity contribution in [2.24, 2.45) is 10.2 Å². The van der Waals surface area contributed by atoms with Crippen LogP contribution in [0.15, 0.2) is 40.9 Å². The Bertz CT molecular complexity index is 706. The van der Waals surface area contributed by atoms with E-state index >= 15 is 0 Å². The number of pyridine rings is 2. The molecular formula is C16H18N4O3Sn. The van der Waals surface area contributed by atoms with E-state index in [0.717, 1.165) is 6.21 Å². The second-order valence-electron chi connectivity index (χ2n) is 4.66. The van der Waals surface area contributed by atoms with Gasteiger partial charge in [0.15, 0.2) is 0 Å². The maximum absolute atomic E-state index is 11.9. The van der Waals surface area contributed by atoms with Crippen molar-refractivity contribution in [3.05, 3.63) is 53.1 Å². The average Bonchev–Trinajstić information content (AvgIpc) is 2.60. The first-order chi connectivity index (χ1) is 11.5. The molecule has 7 nitrogen and oxygen atoms in total. The van der Waals surface area contributed by atoms with Gasteiger partial charge in [-0.2, -0.15) is 10.2 Å². The Morgan fingerprint density at radius 2 is 1.96 bits per heavy atom. The first-order valence-corrected chi connectivity index (χ1v) is 12.8. The van der Waals surface area contributed by atoms with E-state index in [0.29, 0.717) is 11.1 Å². The van der Waals surface area contributed by atoms with Crippen LogP contribution >= 0.6 is 0 Å². The van der Waals surface area contributed by atoms with Crippen molar-refractivity contribution >= 4 is 33.3 Å². The molecule has 0 aromatic carbocycles. The summed E-state index contributed by atoms with van der Waals surface area (Å²) in [6.45, 7) is 1.21. The normalized spacial score (nSPS) is 10.9. The Hall–Kier alpha value is -2.00. The second-order valence-corrected chi connectivity index (χ2v) is 7.51. The van der Waals surface area contributed by atoms with Crippen molar-refractivity contribution in [3.63, 3.8) is 0 Å². The Labute approximate surface area is 151 Å². The predicted molar refractivity (Wildman–Crippen MR) is 90.2 cm³/mol. The van der Waals surface area contributed by atoms with E-state index in [4.69, 9.17) is 0 Å². The Morgan fingerprint density at radius 1 is 1.33 bits per heavy atom. The molecular weight excluding hydrogens is 415 g/mol. The van der Waals surface area contributed by atoms with Crippen molar-refractivity contribution in [2.75, 3.05) is 0 Å². The Kier molecular flexibility index (Phi) is 8.95. The van der Waals surface area contributed by atoms with Crippen LogP contribution in [0.2, 0.25) is 9.88 Å². The summed E-state index contributed by atoms with van der Waals surface area (Å²) in [5, 5.41) is 39.9. The van der Waals surface area contributed by atoms with Gasteiger partial charge in [-0.05, 0) is 30.2 Å². The summed E-state index contributed by atoms with van der Waals surface area (Å²) in [4.78, 5) is 12.2. The number of hydrogen-bond acceptors (Lipinski definition) is 7. The van der Waals surface area contributed by atoms with Crippen LogP contribution in [0.4, 0.5) is 0 Å². The van der Waals surface area contributed by atoms with Gasteiger partial charge in [-0.15, -0.1) is 0 Å². The molecule has 1 N–H and O–H groups in total. The van der Waals surface area contributed by atoms with Gasteiger partial charge in [0, 0.05) is 35.7 Å². The molecule has 0 radical (unpaired) electrons. The molecule has 0 saturated heterocycles. The summed E-state index contributed by atoms with van der Waals surface area (Å²) in [6, 6.07) is 3.02. The van der Waals surface area contributed by atoms with Crippen LogP contribution in [-0.4, -0.2) is 48.3 Å².